The fraction of sp³-hybridized carbons (Fsp3) is 0.333. The van der Waals surface area contributed by atoms with Crippen LogP contribution in [0.4, 0.5) is 0 Å². The first-order valence-electron chi connectivity index (χ1n) is 4.36. The molecule has 0 saturated carbocycles. The molecule has 0 saturated heterocycles. The fourth-order valence-electron chi connectivity index (χ4n) is 1.28. The molecule has 1 aromatic carbocycles. The second-order valence-corrected chi connectivity index (χ2v) is 2.72. The summed E-state index contributed by atoms with van der Waals surface area (Å²) in [5.74, 6) is 0.880. The van der Waals surface area contributed by atoms with E-state index in [0.717, 1.165) is 0 Å². The Balaban J connectivity index is 3.09. The summed E-state index contributed by atoms with van der Waals surface area (Å²) in [7, 11) is 1.68. The van der Waals surface area contributed by atoms with Crippen LogP contribution >= 0.6 is 0 Å². The van der Waals surface area contributed by atoms with Gasteiger partial charge in [-0.1, -0.05) is 6.07 Å². The number of rotatable bonds is 5. The van der Waals surface area contributed by atoms with Crippen LogP contribution in [0.2, 0.25) is 0 Å². The number of benzene rings is 1. The van der Waals surface area contributed by atoms with Crippen LogP contribution in [-0.4, -0.2) is 38.3 Å². The predicted octanol–water partition coefficient (Wildman–Crippen LogP) is -0.642. The van der Waals surface area contributed by atoms with Gasteiger partial charge < -0.3 is 24.3 Å². The topological polar surface area (TPSA) is 68.2 Å². The predicted molar refractivity (Wildman–Crippen MR) is 55.3 cm³/mol. The minimum atomic E-state index is -1.28. The molecule has 0 radical (unpaired) electrons. The second kappa shape index (κ2) is 5.60. The first-order chi connectivity index (χ1) is 7.24. The zero-order chi connectivity index (χ0) is 11.3. The summed E-state index contributed by atoms with van der Waals surface area (Å²) in [6.45, 7) is -0.581. The summed E-state index contributed by atoms with van der Waals surface area (Å²) in [6.07, 6.45) is 0. The number of methoxy groups -OCH3 is 2. The lowest BCUT2D eigenvalue weighted by atomic mass is 9.78. The highest BCUT2D eigenvalue weighted by atomic mass is 16.6. The summed E-state index contributed by atoms with van der Waals surface area (Å²) in [5.41, 5.74) is 0.358. The van der Waals surface area contributed by atoms with E-state index in [0.29, 0.717) is 17.0 Å². The van der Waals surface area contributed by atoms with Crippen molar-refractivity contribution in [2.45, 2.75) is 0 Å². The lowest BCUT2D eigenvalue weighted by Crippen LogP contribution is -2.36. The molecule has 5 nitrogen and oxygen atoms in total. The first-order valence-corrected chi connectivity index (χ1v) is 4.36. The fourth-order valence-corrected chi connectivity index (χ4v) is 1.28. The van der Waals surface area contributed by atoms with E-state index in [1.165, 1.54) is 14.2 Å². The van der Waals surface area contributed by atoms with Crippen molar-refractivity contribution in [3.8, 4) is 11.5 Å². The standard InChI is InChI=1S/C9H13BO5/c1-13-7-4-3-5-8(14-2)9(7)10(12)15-6-11/h3-5,11-12H,6H2,1-2H3. The quantitative estimate of drug-likeness (QED) is 0.501. The van der Waals surface area contributed by atoms with Gasteiger partial charge >= 0.3 is 7.12 Å². The van der Waals surface area contributed by atoms with E-state index in [2.05, 4.69) is 4.65 Å². The summed E-state index contributed by atoms with van der Waals surface area (Å²) in [6, 6.07) is 5.07. The van der Waals surface area contributed by atoms with Crippen LogP contribution in [0.3, 0.4) is 0 Å². The lowest BCUT2D eigenvalue weighted by molar-refractivity contribution is 0.0826. The van der Waals surface area contributed by atoms with E-state index < -0.39 is 13.9 Å². The van der Waals surface area contributed by atoms with Crippen molar-refractivity contribution < 1.29 is 24.3 Å². The van der Waals surface area contributed by atoms with Gasteiger partial charge in [0.05, 0.1) is 19.7 Å². The van der Waals surface area contributed by atoms with Crippen molar-refractivity contribution in [1.82, 2.24) is 0 Å². The monoisotopic (exact) mass is 212 g/mol. The molecule has 0 spiro atoms. The Morgan fingerprint density at radius 3 is 2.13 bits per heavy atom. The average Bonchev–Trinajstić information content (AvgIpc) is 2.28. The summed E-state index contributed by atoms with van der Waals surface area (Å²) < 4.78 is 14.8. The maximum absolute atomic E-state index is 9.60. The van der Waals surface area contributed by atoms with Crippen molar-refractivity contribution in [1.29, 1.82) is 0 Å². The van der Waals surface area contributed by atoms with Crippen molar-refractivity contribution in [3.05, 3.63) is 18.2 Å². The molecule has 2 N–H and O–H groups in total. The van der Waals surface area contributed by atoms with E-state index in [-0.39, 0.29) is 0 Å². The van der Waals surface area contributed by atoms with Crippen LogP contribution in [0.15, 0.2) is 18.2 Å². The van der Waals surface area contributed by atoms with Gasteiger partial charge in [0.25, 0.3) is 0 Å². The summed E-state index contributed by atoms with van der Waals surface area (Å²) >= 11 is 0. The molecule has 15 heavy (non-hydrogen) atoms. The van der Waals surface area contributed by atoms with Gasteiger partial charge in [0.2, 0.25) is 0 Å². The Labute approximate surface area is 88.3 Å². The number of aliphatic hydroxyl groups is 1. The molecule has 0 aliphatic rings. The second-order valence-electron chi connectivity index (χ2n) is 2.72. The van der Waals surface area contributed by atoms with Crippen LogP contribution in [0.1, 0.15) is 0 Å². The Morgan fingerprint density at radius 1 is 1.20 bits per heavy atom. The molecule has 0 aromatic heterocycles. The van der Waals surface area contributed by atoms with Crippen molar-refractivity contribution in [2.24, 2.45) is 0 Å². The number of hydrogen-bond acceptors (Lipinski definition) is 5. The van der Waals surface area contributed by atoms with Crippen LogP contribution in [0.5, 0.6) is 11.5 Å². The van der Waals surface area contributed by atoms with Gasteiger partial charge in [0.1, 0.15) is 18.3 Å². The molecule has 1 aromatic rings. The van der Waals surface area contributed by atoms with Gasteiger partial charge in [-0.2, -0.15) is 0 Å². The molecule has 0 atom stereocenters. The van der Waals surface area contributed by atoms with Gasteiger partial charge in [0, 0.05) is 0 Å². The lowest BCUT2D eigenvalue weighted by Gasteiger charge is -2.14. The Morgan fingerprint density at radius 2 is 1.73 bits per heavy atom. The molecule has 0 heterocycles. The third kappa shape index (κ3) is 2.62. The summed E-state index contributed by atoms with van der Waals surface area (Å²) in [5, 5.41) is 18.2. The Hall–Kier alpha value is -1.24. The SMILES string of the molecule is COc1cccc(OC)c1B(O)OCO. The maximum atomic E-state index is 9.60. The smallest absolute Gasteiger partial charge is 0.497 e. The summed E-state index contributed by atoms with van der Waals surface area (Å²) in [4.78, 5) is 0. The highest BCUT2D eigenvalue weighted by molar-refractivity contribution is 6.62. The average molecular weight is 212 g/mol. The van der Waals surface area contributed by atoms with Gasteiger partial charge in [-0.15, -0.1) is 0 Å². The third-order valence-electron chi connectivity index (χ3n) is 1.95. The van der Waals surface area contributed by atoms with E-state index >= 15 is 0 Å². The van der Waals surface area contributed by atoms with Crippen molar-refractivity contribution >= 4 is 12.6 Å². The molecular weight excluding hydrogens is 199 g/mol. The molecule has 82 valence electrons. The van der Waals surface area contributed by atoms with E-state index in [1.807, 2.05) is 0 Å². The Bertz CT molecular complexity index is 295. The van der Waals surface area contributed by atoms with E-state index in [9.17, 15) is 5.02 Å². The van der Waals surface area contributed by atoms with Crippen molar-refractivity contribution in [3.63, 3.8) is 0 Å². The number of hydrogen-bond donors (Lipinski definition) is 2. The molecule has 0 fully saturated rings. The third-order valence-corrected chi connectivity index (χ3v) is 1.95. The molecule has 0 amide bonds. The molecular formula is C9H13BO5. The van der Waals surface area contributed by atoms with Gasteiger partial charge in [-0.25, -0.2) is 0 Å². The molecule has 0 unspecified atom stereocenters. The zero-order valence-corrected chi connectivity index (χ0v) is 8.64. The molecule has 6 heteroatoms. The van der Waals surface area contributed by atoms with Crippen LogP contribution in [0.25, 0.3) is 0 Å². The van der Waals surface area contributed by atoms with E-state index in [1.54, 1.807) is 18.2 Å². The number of ether oxygens (including phenoxy) is 2. The van der Waals surface area contributed by atoms with Crippen molar-refractivity contribution in [2.75, 3.05) is 21.0 Å². The molecule has 0 bridgehead atoms. The van der Waals surface area contributed by atoms with Gasteiger partial charge in [-0.3, -0.25) is 0 Å². The van der Waals surface area contributed by atoms with Gasteiger partial charge in [0.15, 0.2) is 0 Å². The molecule has 0 aliphatic carbocycles. The number of aliphatic hydroxyl groups excluding tert-OH is 1. The van der Waals surface area contributed by atoms with Crippen LogP contribution in [0, 0.1) is 0 Å². The van der Waals surface area contributed by atoms with Crippen LogP contribution in [-0.2, 0) is 4.65 Å². The normalized spacial score (nSPS) is 9.87. The highest BCUT2D eigenvalue weighted by Gasteiger charge is 2.25. The highest BCUT2D eigenvalue weighted by Crippen LogP contribution is 2.17. The van der Waals surface area contributed by atoms with E-state index in [4.69, 9.17) is 14.6 Å². The van der Waals surface area contributed by atoms with Crippen LogP contribution < -0.4 is 14.9 Å². The van der Waals surface area contributed by atoms with Gasteiger partial charge in [-0.05, 0) is 12.1 Å². The molecule has 0 aliphatic heterocycles. The zero-order valence-electron chi connectivity index (χ0n) is 8.64. The minimum Gasteiger partial charge on any atom is -0.497 e. The minimum absolute atomic E-state index is 0.358. The Kier molecular flexibility index (Phi) is 4.42. The largest absolute Gasteiger partial charge is 0.500 e. The molecule has 1 rings (SSSR count). The first kappa shape index (κ1) is 11.8. The maximum Gasteiger partial charge on any atom is 0.500 e.